The van der Waals surface area contributed by atoms with Crippen molar-refractivity contribution in [3.63, 3.8) is 0 Å². The van der Waals surface area contributed by atoms with E-state index in [1.807, 2.05) is 12.1 Å². The maximum absolute atomic E-state index is 11.9. The number of aromatic hydroxyl groups is 1. The minimum Gasteiger partial charge on any atom is -0.505 e. The van der Waals surface area contributed by atoms with Gasteiger partial charge < -0.3 is 16.2 Å². The Morgan fingerprint density at radius 2 is 2.06 bits per heavy atom. The quantitative estimate of drug-likeness (QED) is 0.762. The SMILES string of the molecule is NCc1ccccc1NC(=O)c1ncccc1O. The molecule has 2 rings (SSSR count). The molecule has 0 saturated heterocycles. The maximum atomic E-state index is 11.9. The Kier molecular flexibility index (Phi) is 3.54. The monoisotopic (exact) mass is 243 g/mol. The van der Waals surface area contributed by atoms with Gasteiger partial charge in [0.1, 0.15) is 5.75 Å². The first kappa shape index (κ1) is 12.1. The molecule has 1 amide bonds. The first-order valence-electron chi connectivity index (χ1n) is 5.45. The number of carbonyl (C=O) groups excluding carboxylic acids is 1. The number of para-hydroxylation sites is 1. The van der Waals surface area contributed by atoms with Crippen LogP contribution in [0.1, 0.15) is 16.1 Å². The minimum atomic E-state index is -0.464. The van der Waals surface area contributed by atoms with Crippen LogP contribution in [-0.2, 0) is 6.54 Å². The number of amides is 1. The second kappa shape index (κ2) is 5.29. The molecule has 0 spiro atoms. The molecule has 0 radical (unpaired) electrons. The topological polar surface area (TPSA) is 88.2 Å². The van der Waals surface area contributed by atoms with Gasteiger partial charge in [0.15, 0.2) is 5.69 Å². The fourth-order valence-electron chi connectivity index (χ4n) is 1.57. The van der Waals surface area contributed by atoms with E-state index < -0.39 is 5.91 Å². The molecule has 0 aliphatic heterocycles. The Bertz CT molecular complexity index is 570. The molecule has 0 aliphatic rings. The van der Waals surface area contributed by atoms with Crippen molar-refractivity contribution in [2.45, 2.75) is 6.54 Å². The van der Waals surface area contributed by atoms with Gasteiger partial charge in [-0.1, -0.05) is 18.2 Å². The summed E-state index contributed by atoms with van der Waals surface area (Å²) in [6.07, 6.45) is 1.45. The van der Waals surface area contributed by atoms with Crippen LogP contribution in [-0.4, -0.2) is 16.0 Å². The summed E-state index contributed by atoms with van der Waals surface area (Å²) in [5.74, 6) is -0.616. The van der Waals surface area contributed by atoms with Crippen LogP contribution in [0.4, 0.5) is 5.69 Å². The van der Waals surface area contributed by atoms with Gasteiger partial charge in [-0.25, -0.2) is 4.98 Å². The van der Waals surface area contributed by atoms with E-state index >= 15 is 0 Å². The number of benzene rings is 1. The maximum Gasteiger partial charge on any atom is 0.278 e. The summed E-state index contributed by atoms with van der Waals surface area (Å²) in [6, 6.07) is 10.2. The van der Waals surface area contributed by atoms with Crippen LogP contribution in [0.2, 0.25) is 0 Å². The van der Waals surface area contributed by atoms with E-state index in [-0.39, 0.29) is 11.4 Å². The van der Waals surface area contributed by atoms with Gasteiger partial charge in [-0.3, -0.25) is 4.79 Å². The molecule has 0 unspecified atom stereocenters. The van der Waals surface area contributed by atoms with E-state index in [9.17, 15) is 9.90 Å². The third kappa shape index (κ3) is 2.46. The molecule has 0 aliphatic carbocycles. The Morgan fingerprint density at radius 1 is 1.28 bits per heavy atom. The third-order valence-electron chi connectivity index (χ3n) is 2.49. The summed E-state index contributed by atoms with van der Waals surface area (Å²) in [5, 5.41) is 12.2. The average Bonchev–Trinajstić information content (AvgIpc) is 2.39. The van der Waals surface area contributed by atoms with E-state index in [4.69, 9.17) is 5.73 Å². The molecule has 0 bridgehead atoms. The predicted octanol–water partition coefficient (Wildman–Crippen LogP) is 1.50. The first-order valence-corrected chi connectivity index (χ1v) is 5.45. The summed E-state index contributed by atoms with van der Waals surface area (Å²) < 4.78 is 0. The number of anilines is 1. The number of nitrogens with one attached hydrogen (secondary N) is 1. The van der Waals surface area contributed by atoms with Gasteiger partial charge >= 0.3 is 0 Å². The number of pyridine rings is 1. The van der Waals surface area contributed by atoms with Crippen molar-refractivity contribution in [2.75, 3.05) is 5.32 Å². The molecule has 0 atom stereocenters. The van der Waals surface area contributed by atoms with Gasteiger partial charge in [0.05, 0.1) is 0 Å². The second-order valence-corrected chi connectivity index (χ2v) is 3.69. The van der Waals surface area contributed by atoms with Crippen LogP contribution in [0, 0.1) is 0 Å². The van der Waals surface area contributed by atoms with Crippen LogP contribution in [0.5, 0.6) is 5.75 Å². The van der Waals surface area contributed by atoms with Crippen LogP contribution in [0.25, 0.3) is 0 Å². The molecule has 1 aromatic heterocycles. The molecule has 1 heterocycles. The highest BCUT2D eigenvalue weighted by Crippen LogP contribution is 2.18. The zero-order valence-corrected chi connectivity index (χ0v) is 9.63. The number of nitrogens with two attached hydrogens (primary N) is 1. The van der Waals surface area contributed by atoms with Crippen LogP contribution in [0.15, 0.2) is 42.6 Å². The van der Waals surface area contributed by atoms with E-state index in [0.717, 1.165) is 5.56 Å². The third-order valence-corrected chi connectivity index (χ3v) is 2.49. The lowest BCUT2D eigenvalue weighted by atomic mass is 10.1. The number of aromatic nitrogens is 1. The summed E-state index contributed by atoms with van der Waals surface area (Å²) in [6.45, 7) is 0.324. The van der Waals surface area contributed by atoms with E-state index in [2.05, 4.69) is 10.3 Å². The van der Waals surface area contributed by atoms with Gasteiger partial charge in [0.2, 0.25) is 0 Å². The van der Waals surface area contributed by atoms with Crippen molar-refractivity contribution >= 4 is 11.6 Å². The minimum absolute atomic E-state index is 0.00988. The molecule has 2 aromatic rings. The van der Waals surface area contributed by atoms with Crippen molar-refractivity contribution in [1.82, 2.24) is 4.98 Å². The molecule has 1 aromatic carbocycles. The highest BCUT2D eigenvalue weighted by atomic mass is 16.3. The first-order chi connectivity index (χ1) is 8.72. The second-order valence-electron chi connectivity index (χ2n) is 3.69. The van der Waals surface area contributed by atoms with Crippen LogP contribution in [0.3, 0.4) is 0 Å². The fraction of sp³-hybridized carbons (Fsp3) is 0.0769. The van der Waals surface area contributed by atoms with Crippen LogP contribution >= 0.6 is 0 Å². The molecule has 0 fully saturated rings. The van der Waals surface area contributed by atoms with Crippen molar-refractivity contribution < 1.29 is 9.90 Å². The van der Waals surface area contributed by atoms with Gasteiger partial charge in [0.25, 0.3) is 5.91 Å². The van der Waals surface area contributed by atoms with Gasteiger partial charge in [-0.2, -0.15) is 0 Å². The van der Waals surface area contributed by atoms with Gasteiger partial charge in [-0.15, -0.1) is 0 Å². The lowest BCUT2D eigenvalue weighted by Crippen LogP contribution is -2.15. The van der Waals surface area contributed by atoms with E-state index in [0.29, 0.717) is 12.2 Å². The highest BCUT2D eigenvalue weighted by Gasteiger charge is 2.13. The molecule has 18 heavy (non-hydrogen) atoms. The standard InChI is InChI=1S/C13H13N3O2/c14-8-9-4-1-2-5-10(9)16-13(18)12-11(17)6-3-7-15-12/h1-7,17H,8,14H2,(H,16,18). The lowest BCUT2D eigenvalue weighted by molar-refractivity contribution is 0.101. The van der Waals surface area contributed by atoms with Gasteiger partial charge in [-0.05, 0) is 23.8 Å². The van der Waals surface area contributed by atoms with Crippen LogP contribution < -0.4 is 11.1 Å². The summed E-state index contributed by atoms with van der Waals surface area (Å²) in [7, 11) is 0. The van der Waals surface area contributed by atoms with Crippen molar-refractivity contribution in [2.24, 2.45) is 5.73 Å². The number of rotatable bonds is 3. The summed E-state index contributed by atoms with van der Waals surface area (Å²) >= 11 is 0. The highest BCUT2D eigenvalue weighted by molar-refractivity contribution is 6.04. The van der Waals surface area contributed by atoms with Crippen molar-refractivity contribution in [1.29, 1.82) is 0 Å². The van der Waals surface area contributed by atoms with E-state index in [1.54, 1.807) is 18.2 Å². The number of nitrogens with zero attached hydrogens (tertiary/aromatic N) is 1. The number of hydrogen-bond acceptors (Lipinski definition) is 4. The molecule has 0 saturated carbocycles. The zero-order valence-electron chi connectivity index (χ0n) is 9.63. The Labute approximate surface area is 104 Å². The molecule has 4 N–H and O–H groups in total. The molecule has 5 heteroatoms. The molecular formula is C13H13N3O2. The predicted molar refractivity (Wildman–Crippen MR) is 68.2 cm³/mol. The number of carbonyl (C=O) groups is 1. The van der Waals surface area contributed by atoms with E-state index in [1.165, 1.54) is 12.3 Å². The smallest absolute Gasteiger partial charge is 0.278 e. The van der Waals surface area contributed by atoms with Crippen molar-refractivity contribution in [3.05, 3.63) is 53.9 Å². The normalized spacial score (nSPS) is 10.1. The number of hydrogen-bond donors (Lipinski definition) is 3. The largest absolute Gasteiger partial charge is 0.505 e. The Balaban J connectivity index is 2.24. The summed E-state index contributed by atoms with van der Waals surface area (Å²) in [4.78, 5) is 15.8. The lowest BCUT2D eigenvalue weighted by Gasteiger charge is -2.09. The Morgan fingerprint density at radius 3 is 2.78 bits per heavy atom. The summed E-state index contributed by atoms with van der Waals surface area (Å²) in [5.41, 5.74) is 7.01. The average molecular weight is 243 g/mol. The zero-order chi connectivity index (χ0) is 13.0. The fourth-order valence-corrected chi connectivity index (χ4v) is 1.57. The molecular weight excluding hydrogens is 230 g/mol. The van der Waals surface area contributed by atoms with Gasteiger partial charge in [0, 0.05) is 18.4 Å². The van der Waals surface area contributed by atoms with Crippen molar-refractivity contribution in [3.8, 4) is 5.75 Å². The molecule has 92 valence electrons. The Hall–Kier alpha value is -2.40. The molecule has 5 nitrogen and oxygen atoms in total.